The molecular formula is C5H9NO5. The summed E-state index contributed by atoms with van der Waals surface area (Å²) in [5, 5.41) is 24.9. The second kappa shape index (κ2) is 3.89. The second-order valence-corrected chi connectivity index (χ2v) is 2.03. The predicted octanol–water partition coefficient (Wildman–Crippen LogP) is -1.77. The molecule has 0 fully saturated rings. The lowest BCUT2D eigenvalue weighted by Crippen LogP contribution is -2.36. The first-order valence-corrected chi connectivity index (χ1v) is 2.84. The van der Waals surface area contributed by atoms with E-state index in [1.165, 1.54) is 0 Å². The van der Waals surface area contributed by atoms with Gasteiger partial charge in [0.25, 0.3) is 0 Å². The molecule has 11 heavy (non-hydrogen) atoms. The van der Waals surface area contributed by atoms with E-state index in [9.17, 15) is 9.59 Å². The van der Waals surface area contributed by atoms with Gasteiger partial charge in [-0.2, -0.15) is 0 Å². The predicted molar refractivity (Wildman–Crippen MR) is 33.9 cm³/mol. The van der Waals surface area contributed by atoms with Crippen LogP contribution in [-0.4, -0.2) is 39.4 Å². The molecule has 0 rings (SSSR count). The molecule has 0 radical (unpaired) electrons. The average molecular weight is 163 g/mol. The molecule has 6 nitrogen and oxygen atoms in total. The maximum absolute atomic E-state index is 10.0. The van der Waals surface area contributed by atoms with Gasteiger partial charge in [-0.05, 0) is 0 Å². The molecule has 64 valence electrons. The van der Waals surface area contributed by atoms with E-state index in [0.29, 0.717) is 0 Å². The number of nitrogens with two attached hydrogens (primary N) is 1. The summed E-state index contributed by atoms with van der Waals surface area (Å²) in [4.78, 5) is 20.0. The van der Waals surface area contributed by atoms with E-state index < -0.39 is 30.5 Å². The molecule has 0 aliphatic carbocycles. The van der Waals surface area contributed by atoms with Crippen LogP contribution in [0.2, 0.25) is 0 Å². The van der Waals surface area contributed by atoms with E-state index in [0.717, 1.165) is 0 Å². The minimum absolute atomic E-state index is 0.481. The zero-order chi connectivity index (χ0) is 9.02. The lowest BCUT2D eigenvalue weighted by molar-refractivity contribution is -0.148. The number of aliphatic hydroxyl groups is 1. The second-order valence-electron chi connectivity index (χ2n) is 2.03. The van der Waals surface area contributed by atoms with E-state index in [2.05, 4.69) is 0 Å². The average Bonchev–Trinajstić information content (AvgIpc) is 1.87. The van der Waals surface area contributed by atoms with Crippen LogP contribution in [0.15, 0.2) is 0 Å². The van der Waals surface area contributed by atoms with Crippen molar-refractivity contribution in [3.05, 3.63) is 0 Å². The minimum Gasteiger partial charge on any atom is -0.480 e. The van der Waals surface area contributed by atoms with Crippen LogP contribution in [0, 0.1) is 0 Å². The first-order chi connectivity index (χ1) is 4.95. The maximum Gasteiger partial charge on any atom is 0.332 e. The van der Waals surface area contributed by atoms with Crippen molar-refractivity contribution in [1.29, 1.82) is 0 Å². The van der Waals surface area contributed by atoms with Crippen molar-refractivity contribution < 1.29 is 24.9 Å². The summed E-state index contributed by atoms with van der Waals surface area (Å²) < 4.78 is 0. The van der Waals surface area contributed by atoms with Crippen molar-refractivity contribution in [2.75, 3.05) is 0 Å². The molecule has 0 amide bonds. The topological polar surface area (TPSA) is 121 Å². The van der Waals surface area contributed by atoms with Gasteiger partial charge in [0.05, 0.1) is 0 Å². The number of carboxylic acid groups (broad SMARTS) is 2. The normalized spacial score (nSPS) is 15.5. The van der Waals surface area contributed by atoms with Gasteiger partial charge in [0.2, 0.25) is 0 Å². The van der Waals surface area contributed by atoms with Crippen LogP contribution < -0.4 is 5.73 Å². The highest BCUT2D eigenvalue weighted by Crippen LogP contribution is 1.95. The summed E-state index contributed by atoms with van der Waals surface area (Å²) in [6.07, 6.45) is -2.19. The van der Waals surface area contributed by atoms with Gasteiger partial charge in [-0.15, -0.1) is 0 Å². The third-order valence-electron chi connectivity index (χ3n) is 1.08. The molecule has 0 aliphatic rings. The molecule has 5 N–H and O–H groups in total. The monoisotopic (exact) mass is 163 g/mol. The highest BCUT2D eigenvalue weighted by molar-refractivity contribution is 5.76. The number of carboxylic acids is 2. The first kappa shape index (κ1) is 9.86. The number of aliphatic carboxylic acids is 2. The molecule has 0 aromatic heterocycles. The van der Waals surface area contributed by atoms with Crippen molar-refractivity contribution >= 4 is 11.9 Å². The standard InChI is InChI=1S/C5H9NO5/c6-2(4(8)9)1-3(7)5(10)11/h2-3,7H,1,6H2,(H,8,9)(H,10,11)/t2?,3-/m0/s1. The number of rotatable bonds is 4. The SMILES string of the molecule is NC(C[C@H](O)C(=O)O)C(=O)O. The van der Waals surface area contributed by atoms with E-state index >= 15 is 0 Å². The summed E-state index contributed by atoms with van der Waals surface area (Å²) in [6.45, 7) is 0. The Hall–Kier alpha value is -1.14. The Morgan fingerprint density at radius 1 is 1.27 bits per heavy atom. The van der Waals surface area contributed by atoms with Crippen LogP contribution in [0.4, 0.5) is 0 Å². The molecule has 0 bridgehead atoms. The van der Waals surface area contributed by atoms with Gasteiger partial charge in [-0.1, -0.05) is 0 Å². The lowest BCUT2D eigenvalue weighted by Gasteiger charge is -2.07. The van der Waals surface area contributed by atoms with E-state index in [4.69, 9.17) is 21.1 Å². The van der Waals surface area contributed by atoms with E-state index in [1.807, 2.05) is 0 Å². The largest absolute Gasteiger partial charge is 0.480 e. The van der Waals surface area contributed by atoms with E-state index in [-0.39, 0.29) is 0 Å². The fourth-order valence-corrected chi connectivity index (χ4v) is 0.442. The number of carbonyl (C=O) groups is 2. The molecule has 0 aromatic carbocycles. The molecule has 0 spiro atoms. The van der Waals surface area contributed by atoms with Crippen LogP contribution in [0.5, 0.6) is 0 Å². The smallest absolute Gasteiger partial charge is 0.332 e. The summed E-state index contributed by atoms with van der Waals surface area (Å²) in [6, 6.07) is -1.33. The van der Waals surface area contributed by atoms with Crippen LogP contribution in [0.1, 0.15) is 6.42 Å². The van der Waals surface area contributed by atoms with Gasteiger partial charge >= 0.3 is 11.9 Å². The summed E-state index contributed by atoms with van der Waals surface area (Å²) in [5.41, 5.74) is 4.93. The molecule has 0 saturated heterocycles. The summed E-state index contributed by atoms with van der Waals surface area (Å²) in [7, 11) is 0. The number of hydrogen-bond donors (Lipinski definition) is 4. The van der Waals surface area contributed by atoms with E-state index in [1.54, 1.807) is 0 Å². The fraction of sp³-hybridized carbons (Fsp3) is 0.600. The van der Waals surface area contributed by atoms with Gasteiger partial charge < -0.3 is 21.1 Å². The Kier molecular flexibility index (Phi) is 3.49. The number of hydrogen-bond acceptors (Lipinski definition) is 4. The van der Waals surface area contributed by atoms with Crippen LogP contribution >= 0.6 is 0 Å². The molecular weight excluding hydrogens is 154 g/mol. The number of aliphatic hydroxyl groups excluding tert-OH is 1. The van der Waals surface area contributed by atoms with Gasteiger partial charge in [0, 0.05) is 6.42 Å². The maximum atomic E-state index is 10.0. The Balaban J connectivity index is 3.84. The van der Waals surface area contributed by atoms with Crippen molar-refractivity contribution in [2.45, 2.75) is 18.6 Å². The Labute approximate surface area is 62.2 Å². The van der Waals surface area contributed by atoms with Crippen molar-refractivity contribution in [3.63, 3.8) is 0 Å². The zero-order valence-electron chi connectivity index (χ0n) is 5.60. The van der Waals surface area contributed by atoms with Crippen molar-refractivity contribution in [3.8, 4) is 0 Å². The van der Waals surface area contributed by atoms with Gasteiger partial charge in [-0.3, -0.25) is 4.79 Å². The van der Waals surface area contributed by atoms with Crippen LogP contribution in [0.3, 0.4) is 0 Å². The molecule has 6 heteroatoms. The Bertz CT molecular complexity index is 150. The quantitative estimate of drug-likeness (QED) is 0.389. The fourth-order valence-electron chi connectivity index (χ4n) is 0.442. The molecule has 0 saturated carbocycles. The molecule has 1 unspecified atom stereocenters. The first-order valence-electron chi connectivity index (χ1n) is 2.84. The van der Waals surface area contributed by atoms with Crippen molar-refractivity contribution in [2.24, 2.45) is 5.73 Å². The summed E-state index contributed by atoms with van der Waals surface area (Å²) in [5.74, 6) is -2.80. The third-order valence-corrected chi connectivity index (χ3v) is 1.08. The Morgan fingerprint density at radius 2 is 1.73 bits per heavy atom. The van der Waals surface area contributed by atoms with Crippen molar-refractivity contribution in [1.82, 2.24) is 0 Å². The highest BCUT2D eigenvalue weighted by atomic mass is 16.4. The summed E-state index contributed by atoms with van der Waals surface area (Å²) >= 11 is 0. The highest BCUT2D eigenvalue weighted by Gasteiger charge is 2.21. The molecule has 0 aliphatic heterocycles. The molecule has 2 atom stereocenters. The van der Waals surface area contributed by atoms with Gasteiger partial charge in [-0.25, -0.2) is 4.79 Å². The Morgan fingerprint density at radius 3 is 2.00 bits per heavy atom. The van der Waals surface area contributed by atoms with Gasteiger partial charge in [0.1, 0.15) is 6.04 Å². The lowest BCUT2D eigenvalue weighted by atomic mass is 10.1. The van der Waals surface area contributed by atoms with Crippen LogP contribution in [0.25, 0.3) is 0 Å². The van der Waals surface area contributed by atoms with Crippen LogP contribution in [-0.2, 0) is 9.59 Å². The third kappa shape index (κ3) is 3.54. The zero-order valence-corrected chi connectivity index (χ0v) is 5.60. The van der Waals surface area contributed by atoms with Gasteiger partial charge in [0.15, 0.2) is 6.10 Å². The molecule has 0 heterocycles. The molecule has 0 aromatic rings. The minimum atomic E-state index is -1.71.